The van der Waals surface area contributed by atoms with Crippen LogP contribution < -0.4 is 19.6 Å². The second kappa shape index (κ2) is 11.0. The standard InChI is InChI=1S/C23H22N2O7S2/c1-4-16(22(28)29)32-17-10-5-13(11-18(17)31-3)12-19-21(27)25(23(33)34-19)24-20(26)14-6-8-15(30-2)9-7-14/h5-12,16H,4H2,1-3H3,(H,24,26)(H,28,29)/b19-12+. The number of benzene rings is 2. The van der Waals surface area contributed by atoms with Crippen molar-refractivity contribution in [2.24, 2.45) is 0 Å². The zero-order valence-electron chi connectivity index (χ0n) is 18.6. The van der Waals surface area contributed by atoms with Crippen LogP contribution in [0.25, 0.3) is 6.08 Å². The molecule has 2 aromatic carbocycles. The molecular formula is C23H22N2O7S2. The molecule has 34 heavy (non-hydrogen) atoms. The third-order valence-electron chi connectivity index (χ3n) is 4.76. The van der Waals surface area contributed by atoms with Gasteiger partial charge in [-0.15, -0.1) is 0 Å². The maximum atomic E-state index is 12.9. The number of nitrogens with zero attached hydrogens (tertiary/aromatic N) is 1. The highest BCUT2D eigenvalue weighted by Gasteiger charge is 2.34. The first-order valence-electron chi connectivity index (χ1n) is 10.1. The fourth-order valence-electron chi connectivity index (χ4n) is 2.96. The number of carbonyl (C=O) groups excluding carboxylic acids is 2. The Morgan fingerprint density at radius 2 is 1.85 bits per heavy atom. The number of carbonyl (C=O) groups is 3. The van der Waals surface area contributed by atoms with Crippen molar-refractivity contribution in [3.05, 3.63) is 58.5 Å². The third-order valence-corrected chi connectivity index (χ3v) is 6.06. The quantitative estimate of drug-likeness (QED) is 0.393. The van der Waals surface area contributed by atoms with Gasteiger partial charge in [0.1, 0.15) is 5.75 Å². The van der Waals surface area contributed by atoms with Gasteiger partial charge in [0, 0.05) is 5.56 Å². The molecule has 0 bridgehead atoms. The summed E-state index contributed by atoms with van der Waals surface area (Å²) in [4.78, 5) is 36.9. The van der Waals surface area contributed by atoms with Gasteiger partial charge in [0.2, 0.25) is 0 Å². The van der Waals surface area contributed by atoms with E-state index in [-0.39, 0.29) is 16.5 Å². The van der Waals surface area contributed by atoms with Crippen molar-refractivity contribution < 1.29 is 33.7 Å². The average Bonchev–Trinajstić information content (AvgIpc) is 3.09. The first kappa shape index (κ1) is 25.1. The molecule has 3 rings (SSSR count). The van der Waals surface area contributed by atoms with Crippen molar-refractivity contribution >= 4 is 52.2 Å². The van der Waals surface area contributed by atoms with Crippen LogP contribution in [0.5, 0.6) is 17.2 Å². The number of nitrogens with one attached hydrogen (secondary N) is 1. The Morgan fingerprint density at radius 1 is 1.15 bits per heavy atom. The summed E-state index contributed by atoms with van der Waals surface area (Å²) in [5.74, 6) is -0.857. The number of hydrogen-bond donors (Lipinski definition) is 2. The van der Waals surface area contributed by atoms with Gasteiger partial charge in [-0.2, -0.15) is 5.01 Å². The van der Waals surface area contributed by atoms with Crippen molar-refractivity contribution in [1.82, 2.24) is 10.4 Å². The molecule has 0 saturated carbocycles. The number of aliphatic carboxylic acids is 1. The fraction of sp³-hybridized carbons (Fsp3) is 0.217. The number of hydrazine groups is 1. The van der Waals surface area contributed by atoms with E-state index >= 15 is 0 Å². The molecule has 1 aliphatic heterocycles. The zero-order valence-corrected chi connectivity index (χ0v) is 20.2. The number of hydrogen-bond acceptors (Lipinski definition) is 8. The molecule has 0 aromatic heterocycles. The predicted molar refractivity (Wildman–Crippen MR) is 131 cm³/mol. The molecule has 1 atom stereocenters. The van der Waals surface area contributed by atoms with Crippen molar-refractivity contribution in [2.75, 3.05) is 14.2 Å². The lowest BCUT2D eigenvalue weighted by atomic mass is 10.1. The van der Waals surface area contributed by atoms with E-state index in [1.807, 2.05) is 0 Å². The van der Waals surface area contributed by atoms with Gasteiger partial charge in [0.15, 0.2) is 21.9 Å². The number of amides is 2. The molecule has 9 nitrogen and oxygen atoms in total. The van der Waals surface area contributed by atoms with Gasteiger partial charge in [0.05, 0.1) is 19.1 Å². The third kappa shape index (κ3) is 5.67. The van der Waals surface area contributed by atoms with Crippen LogP contribution in [0.4, 0.5) is 0 Å². The number of thiocarbonyl (C=S) groups is 1. The summed E-state index contributed by atoms with van der Waals surface area (Å²) in [6.45, 7) is 1.70. The Balaban J connectivity index is 1.76. The number of thioether (sulfide) groups is 1. The van der Waals surface area contributed by atoms with Crippen LogP contribution in [-0.2, 0) is 9.59 Å². The number of methoxy groups -OCH3 is 2. The van der Waals surface area contributed by atoms with Gasteiger partial charge >= 0.3 is 5.97 Å². The predicted octanol–water partition coefficient (Wildman–Crippen LogP) is 3.49. The summed E-state index contributed by atoms with van der Waals surface area (Å²) in [6, 6.07) is 11.3. The lowest BCUT2D eigenvalue weighted by molar-refractivity contribution is -0.145. The average molecular weight is 503 g/mol. The molecule has 1 saturated heterocycles. The molecule has 0 radical (unpaired) electrons. The number of carboxylic acids is 1. The Labute approximate surface area is 205 Å². The molecule has 1 unspecified atom stereocenters. The summed E-state index contributed by atoms with van der Waals surface area (Å²) in [6.07, 6.45) is 0.871. The highest BCUT2D eigenvalue weighted by Crippen LogP contribution is 2.34. The van der Waals surface area contributed by atoms with E-state index in [1.54, 1.807) is 55.5 Å². The van der Waals surface area contributed by atoms with E-state index in [4.69, 9.17) is 26.4 Å². The molecule has 0 spiro atoms. The van der Waals surface area contributed by atoms with Crippen LogP contribution in [0.15, 0.2) is 47.4 Å². The van der Waals surface area contributed by atoms with E-state index in [9.17, 15) is 19.5 Å². The molecule has 1 fully saturated rings. The Morgan fingerprint density at radius 3 is 2.44 bits per heavy atom. The summed E-state index contributed by atoms with van der Waals surface area (Å²) in [7, 11) is 2.96. The summed E-state index contributed by atoms with van der Waals surface area (Å²) >= 11 is 6.31. The van der Waals surface area contributed by atoms with Crippen molar-refractivity contribution in [3.8, 4) is 17.2 Å². The van der Waals surface area contributed by atoms with Crippen LogP contribution in [0, 0.1) is 0 Å². The van der Waals surface area contributed by atoms with Gasteiger partial charge in [-0.3, -0.25) is 15.0 Å². The smallest absolute Gasteiger partial charge is 0.344 e. The van der Waals surface area contributed by atoms with E-state index in [0.29, 0.717) is 27.5 Å². The van der Waals surface area contributed by atoms with E-state index in [0.717, 1.165) is 16.8 Å². The maximum absolute atomic E-state index is 12.9. The fourth-order valence-corrected chi connectivity index (χ4v) is 4.14. The topological polar surface area (TPSA) is 114 Å². The number of rotatable bonds is 9. The number of carboxylic acid groups (broad SMARTS) is 1. The van der Waals surface area contributed by atoms with Crippen molar-refractivity contribution in [2.45, 2.75) is 19.4 Å². The zero-order chi connectivity index (χ0) is 24.8. The minimum Gasteiger partial charge on any atom is -0.497 e. The Hall–Kier alpha value is -3.57. The minimum absolute atomic E-state index is 0.178. The van der Waals surface area contributed by atoms with E-state index in [1.165, 1.54) is 14.2 Å². The van der Waals surface area contributed by atoms with Gasteiger partial charge < -0.3 is 19.3 Å². The van der Waals surface area contributed by atoms with Gasteiger partial charge in [0.25, 0.3) is 11.8 Å². The molecule has 2 amide bonds. The molecular weight excluding hydrogens is 480 g/mol. The van der Waals surface area contributed by atoms with Crippen LogP contribution in [0.1, 0.15) is 29.3 Å². The maximum Gasteiger partial charge on any atom is 0.344 e. The highest BCUT2D eigenvalue weighted by molar-refractivity contribution is 8.26. The van der Waals surface area contributed by atoms with Crippen LogP contribution in [-0.4, -0.2) is 52.5 Å². The largest absolute Gasteiger partial charge is 0.497 e. The molecule has 178 valence electrons. The summed E-state index contributed by atoms with van der Waals surface area (Å²) < 4.78 is 16.1. The molecule has 2 aromatic rings. The minimum atomic E-state index is -1.08. The van der Waals surface area contributed by atoms with Crippen LogP contribution >= 0.6 is 24.0 Å². The molecule has 2 N–H and O–H groups in total. The SMILES string of the molecule is CCC(Oc1ccc(/C=C2/SC(=S)N(NC(=O)c3ccc(OC)cc3)C2=O)cc1OC)C(=O)O. The van der Waals surface area contributed by atoms with E-state index < -0.39 is 23.9 Å². The lowest BCUT2D eigenvalue weighted by Crippen LogP contribution is -2.44. The van der Waals surface area contributed by atoms with Gasteiger partial charge in [-0.1, -0.05) is 24.8 Å². The van der Waals surface area contributed by atoms with Crippen molar-refractivity contribution in [1.29, 1.82) is 0 Å². The summed E-state index contributed by atoms with van der Waals surface area (Å²) in [5.41, 5.74) is 3.46. The number of ether oxygens (including phenoxy) is 3. The highest BCUT2D eigenvalue weighted by atomic mass is 32.2. The first-order chi connectivity index (χ1) is 16.3. The second-order valence-electron chi connectivity index (χ2n) is 6.95. The first-order valence-corrected chi connectivity index (χ1v) is 11.3. The molecule has 1 heterocycles. The van der Waals surface area contributed by atoms with Crippen LogP contribution in [0.2, 0.25) is 0 Å². The van der Waals surface area contributed by atoms with E-state index in [2.05, 4.69) is 5.43 Å². The van der Waals surface area contributed by atoms with Gasteiger partial charge in [-0.05, 0) is 66.7 Å². The molecule has 11 heteroatoms. The normalized spacial score (nSPS) is 15.3. The molecule has 1 aliphatic rings. The van der Waals surface area contributed by atoms with Gasteiger partial charge in [-0.25, -0.2) is 4.79 Å². The molecule has 0 aliphatic carbocycles. The second-order valence-corrected chi connectivity index (χ2v) is 8.63. The van der Waals surface area contributed by atoms with Crippen molar-refractivity contribution in [3.63, 3.8) is 0 Å². The Kier molecular flexibility index (Phi) is 8.13. The lowest BCUT2D eigenvalue weighted by Gasteiger charge is -2.16. The monoisotopic (exact) mass is 502 g/mol. The summed E-state index contributed by atoms with van der Waals surface area (Å²) in [5, 5.41) is 10.2. The Bertz CT molecular complexity index is 1150. The van der Waals surface area contributed by atoms with Crippen LogP contribution in [0.3, 0.4) is 0 Å².